The van der Waals surface area contributed by atoms with E-state index in [2.05, 4.69) is 6.58 Å². The first kappa shape index (κ1) is 20.9. The number of carboxylic acid groups (broad SMARTS) is 2. The van der Waals surface area contributed by atoms with Gasteiger partial charge in [0.1, 0.15) is 0 Å². The summed E-state index contributed by atoms with van der Waals surface area (Å²) in [6, 6.07) is 3.62. The van der Waals surface area contributed by atoms with Crippen molar-refractivity contribution in [3.05, 3.63) is 47.5 Å². The number of benzene rings is 1. The van der Waals surface area contributed by atoms with Crippen LogP contribution < -0.4 is 0 Å². The van der Waals surface area contributed by atoms with Crippen molar-refractivity contribution in [1.82, 2.24) is 0 Å². The molecule has 0 radical (unpaired) electrons. The van der Waals surface area contributed by atoms with E-state index in [0.717, 1.165) is 25.0 Å². The summed E-state index contributed by atoms with van der Waals surface area (Å²) in [5, 5.41) is 18.2. The second-order valence-corrected chi connectivity index (χ2v) is 5.26. The molecule has 0 fully saturated rings. The van der Waals surface area contributed by atoms with Gasteiger partial charge in [0.15, 0.2) is 0 Å². The lowest BCUT2D eigenvalue weighted by molar-refractivity contribution is -0.137. The van der Waals surface area contributed by atoms with Crippen molar-refractivity contribution < 1.29 is 38.9 Å². The second kappa shape index (κ2) is 10.7. The predicted molar refractivity (Wildman–Crippen MR) is 90.3 cm³/mol. The molecule has 0 saturated carbocycles. The number of carbonyl (C=O) groups is 4. The molecule has 26 heavy (non-hydrogen) atoms. The van der Waals surface area contributed by atoms with Crippen LogP contribution in [0.2, 0.25) is 0 Å². The molecule has 0 amide bonds. The topological polar surface area (TPSA) is 127 Å². The molecule has 0 bridgehead atoms. The standard InChI is InChI=1S/C18H20O8/c1-2-14(19)25-10-5-3-4-6-11-26-18(24)13-9-7-8-12(16(20)21)15(13)17(22)23/h2,7-9H,1,3-6,10-11H2,(H,20,21)(H,22,23). The van der Waals surface area contributed by atoms with Gasteiger partial charge in [-0.1, -0.05) is 12.6 Å². The lowest BCUT2D eigenvalue weighted by Gasteiger charge is -2.09. The van der Waals surface area contributed by atoms with Crippen molar-refractivity contribution in [2.24, 2.45) is 0 Å². The molecule has 0 atom stereocenters. The Morgan fingerprint density at radius 1 is 0.885 bits per heavy atom. The van der Waals surface area contributed by atoms with Gasteiger partial charge in [-0.3, -0.25) is 0 Å². The van der Waals surface area contributed by atoms with E-state index in [-0.39, 0.29) is 18.8 Å². The van der Waals surface area contributed by atoms with Crippen LogP contribution in [0.1, 0.15) is 56.8 Å². The highest BCUT2D eigenvalue weighted by atomic mass is 16.5. The van der Waals surface area contributed by atoms with E-state index in [0.29, 0.717) is 12.8 Å². The fourth-order valence-corrected chi connectivity index (χ4v) is 2.16. The lowest BCUT2D eigenvalue weighted by Crippen LogP contribution is -2.16. The van der Waals surface area contributed by atoms with Gasteiger partial charge in [0, 0.05) is 6.08 Å². The predicted octanol–water partition coefficient (Wildman–Crippen LogP) is 2.53. The number of hydrogen-bond donors (Lipinski definition) is 2. The van der Waals surface area contributed by atoms with Crippen LogP contribution in [0.5, 0.6) is 0 Å². The van der Waals surface area contributed by atoms with Gasteiger partial charge in [-0.05, 0) is 37.8 Å². The highest BCUT2D eigenvalue weighted by Gasteiger charge is 2.24. The maximum Gasteiger partial charge on any atom is 0.339 e. The molecule has 0 aliphatic rings. The Morgan fingerprint density at radius 3 is 2.00 bits per heavy atom. The van der Waals surface area contributed by atoms with Crippen molar-refractivity contribution in [2.75, 3.05) is 13.2 Å². The SMILES string of the molecule is C=CC(=O)OCCCCCCOC(=O)c1cccc(C(=O)O)c1C(=O)O. The minimum absolute atomic E-state index is 0.0711. The number of carbonyl (C=O) groups excluding carboxylic acids is 2. The number of esters is 2. The van der Waals surface area contributed by atoms with Gasteiger partial charge in [-0.25, -0.2) is 19.2 Å². The third kappa shape index (κ3) is 6.39. The van der Waals surface area contributed by atoms with E-state index >= 15 is 0 Å². The zero-order valence-corrected chi connectivity index (χ0v) is 14.1. The molecular formula is C18H20O8. The summed E-state index contributed by atoms with van der Waals surface area (Å²) in [6.07, 6.45) is 3.78. The van der Waals surface area contributed by atoms with Crippen LogP contribution in [0.4, 0.5) is 0 Å². The van der Waals surface area contributed by atoms with E-state index < -0.39 is 35.0 Å². The zero-order chi connectivity index (χ0) is 19.5. The largest absolute Gasteiger partial charge is 0.478 e. The maximum atomic E-state index is 12.0. The summed E-state index contributed by atoms with van der Waals surface area (Å²) >= 11 is 0. The number of unbranched alkanes of at least 4 members (excludes halogenated alkanes) is 3. The molecule has 0 heterocycles. The average molecular weight is 364 g/mol. The zero-order valence-electron chi connectivity index (χ0n) is 14.1. The summed E-state index contributed by atoms with van der Waals surface area (Å²) < 4.78 is 9.84. The smallest absolute Gasteiger partial charge is 0.339 e. The minimum Gasteiger partial charge on any atom is -0.478 e. The Labute approximate surface area is 150 Å². The van der Waals surface area contributed by atoms with Crippen molar-refractivity contribution >= 4 is 23.9 Å². The van der Waals surface area contributed by atoms with Gasteiger partial charge >= 0.3 is 23.9 Å². The van der Waals surface area contributed by atoms with E-state index in [1.54, 1.807) is 0 Å². The first-order chi connectivity index (χ1) is 12.4. The van der Waals surface area contributed by atoms with E-state index in [4.69, 9.17) is 14.6 Å². The first-order valence-electron chi connectivity index (χ1n) is 7.94. The van der Waals surface area contributed by atoms with E-state index in [1.807, 2.05) is 0 Å². The fraction of sp³-hybridized carbons (Fsp3) is 0.333. The Morgan fingerprint density at radius 2 is 1.46 bits per heavy atom. The van der Waals surface area contributed by atoms with Crippen LogP contribution >= 0.6 is 0 Å². The van der Waals surface area contributed by atoms with Gasteiger partial charge in [-0.2, -0.15) is 0 Å². The highest BCUT2D eigenvalue weighted by molar-refractivity contribution is 6.09. The third-order valence-electron chi connectivity index (χ3n) is 3.41. The molecule has 1 aromatic rings. The molecule has 0 aromatic heterocycles. The molecule has 0 spiro atoms. The van der Waals surface area contributed by atoms with Gasteiger partial charge in [-0.15, -0.1) is 0 Å². The van der Waals surface area contributed by atoms with Crippen LogP contribution in [0.15, 0.2) is 30.9 Å². The first-order valence-corrected chi connectivity index (χ1v) is 7.94. The summed E-state index contributed by atoms with van der Waals surface area (Å²) in [5.41, 5.74) is -1.36. The normalized spacial score (nSPS) is 10.0. The number of carboxylic acids is 2. The highest BCUT2D eigenvalue weighted by Crippen LogP contribution is 2.17. The molecule has 0 saturated heterocycles. The molecule has 8 heteroatoms. The molecule has 1 rings (SSSR count). The third-order valence-corrected chi connectivity index (χ3v) is 3.41. The van der Waals surface area contributed by atoms with Gasteiger partial charge in [0.2, 0.25) is 0 Å². The Kier molecular flexibility index (Phi) is 8.56. The maximum absolute atomic E-state index is 12.0. The van der Waals surface area contributed by atoms with Gasteiger partial charge < -0.3 is 19.7 Å². The van der Waals surface area contributed by atoms with Crippen molar-refractivity contribution in [3.8, 4) is 0 Å². The van der Waals surface area contributed by atoms with Crippen LogP contribution in [0.3, 0.4) is 0 Å². The fourth-order valence-electron chi connectivity index (χ4n) is 2.16. The van der Waals surface area contributed by atoms with E-state index in [9.17, 15) is 24.3 Å². The molecule has 0 unspecified atom stereocenters. The summed E-state index contributed by atoms with van der Waals surface area (Å²) in [7, 11) is 0. The number of aromatic carboxylic acids is 2. The van der Waals surface area contributed by atoms with Gasteiger partial charge in [0.05, 0.1) is 29.9 Å². The minimum atomic E-state index is -1.51. The Balaban J connectivity index is 2.46. The molecule has 1 aromatic carbocycles. The molecule has 2 N–H and O–H groups in total. The quantitative estimate of drug-likeness (QED) is 0.348. The van der Waals surface area contributed by atoms with Crippen molar-refractivity contribution in [1.29, 1.82) is 0 Å². The second-order valence-electron chi connectivity index (χ2n) is 5.26. The number of hydrogen-bond acceptors (Lipinski definition) is 6. The Hall–Kier alpha value is -3.16. The summed E-state index contributed by atoms with van der Waals surface area (Å²) in [4.78, 5) is 45.2. The Bertz CT molecular complexity index is 692. The van der Waals surface area contributed by atoms with Crippen LogP contribution in [-0.2, 0) is 14.3 Å². The average Bonchev–Trinajstić information content (AvgIpc) is 2.62. The van der Waals surface area contributed by atoms with Crippen molar-refractivity contribution in [3.63, 3.8) is 0 Å². The lowest BCUT2D eigenvalue weighted by atomic mass is 10.0. The number of rotatable bonds is 11. The summed E-state index contributed by atoms with van der Waals surface area (Å²) in [5.74, 6) is -4.31. The molecular weight excluding hydrogens is 344 g/mol. The molecule has 140 valence electrons. The summed E-state index contributed by atoms with van der Waals surface area (Å²) in [6.45, 7) is 3.64. The number of ether oxygens (including phenoxy) is 2. The van der Waals surface area contributed by atoms with Crippen LogP contribution in [0.25, 0.3) is 0 Å². The van der Waals surface area contributed by atoms with E-state index in [1.165, 1.54) is 12.1 Å². The van der Waals surface area contributed by atoms with Gasteiger partial charge in [0.25, 0.3) is 0 Å². The molecule has 0 aliphatic carbocycles. The molecule has 8 nitrogen and oxygen atoms in total. The van der Waals surface area contributed by atoms with Crippen molar-refractivity contribution in [2.45, 2.75) is 25.7 Å². The molecule has 0 aliphatic heterocycles. The van der Waals surface area contributed by atoms with Crippen LogP contribution in [0, 0.1) is 0 Å². The van der Waals surface area contributed by atoms with Crippen LogP contribution in [-0.4, -0.2) is 47.3 Å². The monoisotopic (exact) mass is 364 g/mol.